The first-order valence-corrected chi connectivity index (χ1v) is 9.43. The van der Waals surface area contributed by atoms with E-state index in [1.165, 1.54) is 36.7 Å². The van der Waals surface area contributed by atoms with E-state index in [0.717, 1.165) is 10.6 Å². The second kappa shape index (κ2) is 8.74. The summed E-state index contributed by atoms with van der Waals surface area (Å²) in [6, 6.07) is 8.52. The van der Waals surface area contributed by atoms with Gasteiger partial charge in [-0.2, -0.15) is 8.78 Å². The van der Waals surface area contributed by atoms with Crippen LogP contribution < -0.4 is 14.8 Å². The molecule has 0 fully saturated rings. The Bertz CT molecular complexity index is 940. The summed E-state index contributed by atoms with van der Waals surface area (Å²) < 4.78 is 34.8. The summed E-state index contributed by atoms with van der Waals surface area (Å²) in [5.41, 5.74) is 1.08. The fourth-order valence-electron chi connectivity index (χ4n) is 2.22. The highest BCUT2D eigenvalue weighted by Gasteiger charge is 2.14. The molecule has 3 rings (SSSR count). The lowest BCUT2D eigenvalue weighted by Gasteiger charge is -2.12. The summed E-state index contributed by atoms with van der Waals surface area (Å²) in [6.07, 6.45) is 2.60. The molecule has 0 aliphatic heterocycles. The zero-order valence-electron chi connectivity index (χ0n) is 14.0. The van der Waals surface area contributed by atoms with Gasteiger partial charge in [0.25, 0.3) is 0 Å². The Hall–Kier alpha value is -2.78. The van der Waals surface area contributed by atoms with Crippen LogP contribution in [-0.4, -0.2) is 24.6 Å². The number of benzene rings is 1. The van der Waals surface area contributed by atoms with Crippen molar-refractivity contribution in [2.45, 2.75) is 6.61 Å². The van der Waals surface area contributed by atoms with E-state index in [1.807, 2.05) is 22.9 Å². The van der Waals surface area contributed by atoms with Crippen molar-refractivity contribution >= 4 is 39.8 Å². The van der Waals surface area contributed by atoms with Gasteiger partial charge in [-0.3, -0.25) is 10.1 Å². The molecule has 3 aromatic rings. The lowest BCUT2D eigenvalue weighted by molar-refractivity contribution is -0.111. The molecule has 2 aromatic heterocycles. The predicted octanol–water partition coefficient (Wildman–Crippen LogP) is 5.13. The molecule has 0 aliphatic rings. The van der Waals surface area contributed by atoms with Crippen LogP contribution in [-0.2, 0) is 4.79 Å². The van der Waals surface area contributed by atoms with Crippen LogP contribution >= 0.6 is 22.7 Å². The van der Waals surface area contributed by atoms with E-state index in [1.54, 1.807) is 23.5 Å². The first kappa shape index (κ1) is 19.0. The van der Waals surface area contributed by atoms with Crippen LogP contribution in [0.15, 0.2) is 47.2 Å². The third kappa shape index (κ3) is 4.89. The summed E-state index contributed by atoms with van der Waals surface area (Å²) in [6.45, 7) is -3.01. The molecule has 0 saturated heterocycles. The Labute approximate surface area is 161 Å². The minimum Gasteiger partial charge on any atom is -0.493 e. The molecule has 0 bridgehead atoms. The monoisotopic (exact) mass is 408 g/mol. The zero-order chi connectivity index (χ0) is 19.2. The molecule has 140 valence electrons. The summed E-state index contributed by atoms with van der Waals surface area (Å²) in [5, 5.41) is 6.89. The van der Waals surface area contributed by atoms with E-state index in [-0.39, 0.29) is 11.5 Å². The number of ether oxygens (including phenoxy) is 2. The average Bonchev–Trinajstić information content (AvgIpc) is 3.31. The number of carbonyl (C=O) groups excluding carboxylic acids is 1. The van der Waals surface area contributed by atoms with Crippen molar-refractivity contribution in [2.75, 3.05) is 12.4 Å². The molecule has 5 nitrogen and oxygen atoms in total. The van der Waals surface area contributed by atoms with Crippen LogP contribution in [0.3, 0.4) is 0 Å². The van der Waals surface area contributed by atoms with E-state index in [0.29, 0.717) is 10.7 Å². The predicted molar refractivity (Wildman–Crippen MR) is 103 cm³/mol. The third-order valence-electron chi connectivity index (χ3n) is 3.36. The number of hydrogen-bond acceptors (Lipinski definition) is 6. The van der Waals surface area contributed by atoms with Gasteiger partial charge in [0.05, 0.1) is 17.7 Å². The van der Waals surface area contributed by atoms with E-state index < -0.39 is 12.5 Å². The van der Waals surface area contributed by atoms with Gasteiger partial charge in [0, 0.05) is 17.0 Å². The van der Waals surface area contributed by atoms with Gasteiger partial charge >= 0.3 is 6.61 Å². The molecule has 2 heterocycles. The van der Waals surface area contributed by atoms with Crippen molar-refractivity contribution in [3.63, 3.8) is 0 Å². The maximum Gasteiger partial charge on any atom is 0.387 e. The number of rotatable bonds is 7. The standard InChI is InChI=1S/C18H14F2N2O3S2/c1-24-13-5-2-4-11(16(13)25-17(19)20)7-8-15(23)22-18-21-12(10-27-18)14-6-3-9-26-14/h2-10,17H,1H3,(H,21,22,23)/b8-7+. The molecule has 1 amide bonds. The van der Waals surface area contributed by atoms with Gasteiger partial charge in [0.15, 0.2) is 16.6 Å². The number of alkyl halides is 2. The highest BCUT2D eigenvalue weighted by Crippen LogP contribution is 2.33. The van der Waals surface area contributed by atoms with E-state index in [9.17, 15) is 13.6 Å². The molecule has 0 spiro atoms. The van der Waals surface area contributed by atoms with Crippen LogP contribution in [0.4, 0.5) is 13.9 Å². The van der Waals surface area contributed by atoms with E-state index in [2.05, 4.69) is 15.0 Å². The van der Waals surface area contributed by atoms with Crippen LogP contribution in [0.25, 0.3) is 16.6 Å². The Balaban J connectivity index is 1.72. The molecular formula is C18H14F2N2O3S2. The minimum absolute atomic E-state index is 0.131. The number of para-hydroxylation sites is 1. The Morgan fingerprint density at radius 2 is 2.11 bits per heavy atom. The van der Waals surface area contributed by atoms with Crippen molar-refractivity contribution in [1.82, 2.24) is 4.98 Å². The normalized spacial score (nSPS) is 11.1. The molecule has 0 saturated carbocycles. The number of amides is 1. The highest BCUT2D eigenvalue weighted by atomic mass is 32.1. The number of nitrogens with one attached hydrogen (secondary N) is 1. The second-order valence-electron chi connectivity index (χ2n) is 5.09. The highest BCUT2D eigenvalue weighted by molar-refractivity contribution is 7.16. The van der Waals surface area contributed by atoms with Gasteiger partial charge < -0.3 is 9.47 Å². The number of carbonyl (C=O) groups is 1. The maximum absolute atomic E-state index is 12.6. The first-order chi connectivity index (χ1) is 13.1. The second-order valence-corrected chi connectivity index (χ2v) is 6.90. The Morgan fingerprint density at radius 3 is 2.81 bits per heavy atom. The molecule has 0 atom stereocenters. The van der Waals surface area contributed by atoms with Gasteiger partial charge in [0.2, 0.25) is 5.91 Å². The minimum atomic E-state index is -3.01. The van der Waals surface area contributed by atoms with Crippen molar-refractivity contribution < 1.29 is 23.0 Å². The van der Waals surface area contributed by atoms with Crippen molar-refractivity contribution in [1.29, 1.82) is 0 Å². The van der Waals surface area contributed by atoms with Gasteiger partial charge in [-0.1, -0.05) is 18.2 Å². The average molecular weight is 408 g/mol. The maximum atomic E-state index is 12.6. The lowest BCUT2D eigenvalue weighted by atomic mass is 10.1. The van der Waals surface area contributed by atoms with E-state index in [4.69, 9.17) is 4.74 Å². The third-order valence-corrected chi connectivity index (χ3v) is 5.01. The molecule has 0 aliphatic carbocycles. The van der Waals surface area contributed by atoms with Crippen molar-refractivity contribution in [2.24, 2.45) is 0 Å². The first-order valence-electron chi connectivity index (χ1n) is 7.67. The summed E-state index contributed by atoms with van der Waals surface area (Å²) >= 11 is 2.86. The van der Waals surface area contributed by atoms with Gasteiger partial charge in [-0.15, -0.1) is 22.7 Å². The topological polar surface area (TPSA) is 60.5 Å². The summed E-state index contributed by atoms with van der Waals surface area (Å²) in [7, 11) is 1.35. The number of halogens is 2. The number of hydrogen-bond donors (Lipinski definition) is 1. The molecule has 9 heteroatoms. The number of nitrogens with zero attached hydrogens (tertiary/aromatic N) is 1. The number of methoxy groups -OCH3 is 1. The summed E-state index contributed by atoms with van der Waals surface area (Å²) in [5.74, 6) is -0.417. The fourth-order valence-corrected chi connectivity index (χ4v) is 3.70. The number of thiazole rings is 1. The van der Waals surface area contributed by atoms with Gasteiger partial charge in [0.1, 0.15) is 0 Å². The Kier molecular flexibility index (Phi) is 6.15. The van der Waals surface area contributed by atoms with Crippen LogP contribution in [0, 0.1) is 0 Å². The largest absolute Gasteiger partial charge is 0.493 e. The van der Waals surface area contributed by atoms with Gasteiger partial charge in [-0.25, -0.2) is 4.98 Å². The Morgan fingerprint density at radius 1 is 1.26 bits per heavy atom. The quantitative estimate of drug-likeness (QED) is 0.551. The molecule has 27 heavy (non-hydrogen) atoms. The molecule has 1 N–H and O–H groups in total. The SMILES string of the molecule is COc1cccc(/C=C/C(=O)Nc2nc(-c3cccs3)cs2)c1OC(F)F. The van der Waals surface area contributed by atoms with E-state index >= 15 is 0 Å². The molecule has 0 unspecified atom stereocenters. The fraction of sp³-hybridized carbons (Fsp3) is 0.111. The van der Waals surface area contributed by atoms with Crippen LogP contribution in [0.1, 0.15) is 5.56 Å². The van der Waals surface area contributed by atoms with Crippen LogP contribution in [0.2, 0.25) is 0 Å². The molecule has 1 aromatic carbocycles. The molecular weight excluding hydrogens is 394 g/mol. The van der Waals surface area contributed by atoms with Crippen LogP contribution in [0.5, 0.6) is 11.5 Å². The number of anilines is 1. The molecule has 0 radical (unpaired) electrons. The van der Waals surface area contributed by atoms with Gasteiger partial charge in [-0.05, 0) is 23.6 Å². The zero-order valence-corrected chi connectivity index (χ0v) is 15.7. The van der Waals surface area contributed by atoms with Crippen molar-refractivity contribution in [3.05, 3.63) is 52.7 Å². The lowest BCUT2D eigenvalue weighted by Crippen LogP contribution is -2.08. The number of aromatic nitrogens is 1. The summed E-state index contributed by atoms with van der Waals surface area (Å²) in [4.78, 5) is 17.5. The van der Waals surface area contributed by atoms with Crippen molar-refractivity contribution in [3.8, 4) is 22.1 Å². The smallest absolute Gasteiger partial charge is 0.387 e. The number of thiophene rings is 1.